The van der Waals surface area contributed by atoms with Gasteiger partial charge in [0.25, 0.3) is 15.9 Å². The number of anilines is 1. The summed E-state index contributed by atoms with van der Waals surface area (Å²) >= 11 is 0. The number of aryl methyl sites for hydroxylation is 1. The summed E-state index contributed by atoms with van der Waals surface area (Å²) in [5.74, 6) is 0.0233. The van der Waals surface area contributed by atoms with Crippen molar-refractivity contribution in [2.24, 2.45) is 5.10 Å². The number of nitrogens with one attached hydrogen (secondary N) is 1. The van der Waals surface area contributed by atoms with E-state index in [0.29, 0.717) is 11.5 Å². The third-order valence-electron chi connectivity index (χ3n) is 6.03. The molecule has 0 heterocycles. The van der Waals surface area contributed by atoms with Gasteiger partial charge in [-0.05, 0) is 61.4 Å². The molecular weight excluding hydrogens is 498 g/mol. The molecule has 0 aliphatic heterocycles. The second-order valence-corrected chi connectivity index (χ2v) is 10.6. The Morgan fingerprint density at radius 2 is 1.50 bits per heavy atom. The first-order valence-corrected chi connectivity index (χ1v) is 13.4. The molecule has 1 N–H and O–H groups in total. The van der Waals surface area contributed by atoms with Crippen LogP contribution < -0.4 is 14.5 Å². The predicted molar refractivity (Wildman–Crippen MR) is 150 cm³/mol. The number of benzene rings is 4. The molecule has 0 unspecified atom stereocenters. The van der Waals surface area contributed by atoms with Gasteiger partial charge in [0.2, 0.25) is 0 Å². The standard InChI is InChI=1S/C30H29N3O4S/c1-22-13-15-25(16-14-22)23(2)31-32-30(34)28-11-7-8-12-29(28)33(21-24-9-5-4-6-10-24)38(35,36)27-19-17-26(37-3)18-20-27/h4-20H,21H2,1-3H3,(H,32,34)/b31-23+. The van der Waals surface area contributed by atoms with Gasteiger partial charge in [-0.25, -0.2) is 13.8 Å². The maximum Gasteiger partial charge on any atom is 0.273 e. The Labute approximate surface area is 223 Å². The van der Waals surface area contributed by atoms with Gasteiger partial charge < -0.3 is 4.74 Å². The first kappa shape index (κ1) is 26.6. The Morgan fingerprint density at radius 3 is 2.16 bits per heavy atom. The molecule has 0 bridgehead atoms. The predicted octanol–water partition coefficient (Wildman–Crippen LogP) is 5.55. The van der Waals surface area contributed by atoms with E-state index < -0.39 is 15.9 Å². The monoisotopic (exact) mass is 527 g/mol. The third kappa shape index (κ3) is 6.10. The highest BCUT2D eigenvalue weighted by molar-refractivity contribution is 7.92. The molecule has 4 aromatic carbocycles. The highest BCUT2D eigenvalue weighted by Gasteiger charge is 2.28. The van der Waals surface area contributed by atoms with Crippen molar-refractivity contribution in [3.63, 3.8) is 0 Å². The van der Waals surface area contributed by atoms with E-state index in [4.69, 9.17) is 4.74 Å². The van der Waals surface area contributed by atoms with E-state index in [1.54, 1.807) is 43.3 Å². The van der Waals surface area contributed by atoms with Crippen molar-refractivity contribution in [2.75, 3.05) is 11.4 Å². The van der Waals surface area contributed by atoms with E-state index in [-0.39, 0.29) is 22.7 Å². The molecule has 4 rings (SSSR count). The minimum Gasteiger partial charge on any atom is -0.497 e. The van der Waals surface area contributed by atoms with Crippen LogP contribution in [0.3, 0.4) is 0 Å². The SMILES string of the molecule is COc1ccc(S(=O)(=O)N(Cc2ccccc2)c2ccccc2C(=O)N/N=C(\C)c2ccc(C)cc2)cc1. The number of rotatable bonds is 9. The van der Waals surface area contributed by atoms with E-state index in [9.17, 15) is 13.2 Å². The smallest absolute Gasteiger partial charge is 0.273 e. The van der Waals surface area contributed by atoms with E-state index in [1.807, 2.05) is 61.5 Å². The number of carbonyl (C=O) groups is 1. The minimum absolute atomic E-state index is 0.0329. The molecule has 0 saturated carbocycles. The van der Waals surface area contributed by atoms with Crippen LogP contribution in [0.2, 0.25) is 0 Å². The number of hydrogen-bond acceptors (Lipinski definition) is 5. The lowest BCUT2D eigenvalue weighted by Crippen LogP contribution is -2.33. The molecule has 0 aliphatic rings. The highest BCUT2D eigenvalue weighted by Crippen LogP contribution is 2.30. The Kier molecular flexibility index (Phi) is 8.23. The molecule has 194 valence electrons. The summed E-state index contributed by atoms with van der Waals surface area (Å²) in [5.41, 5.74) is 6.41. The molecule has 0 aliphatic carbocycles. The van der Waals surface area contributed by atoms with Crippen LogP contribution in [0.25, 0.3) is 0 Å². The number of amides is 1. The Hall–Kier alpha value is -4.43. The van der Waals surface area contributed by atoms with Gasteiger partial charge in [0.15, 0.2) is 0 Å². The van der Waals surface area contributed by atoms with Crippen molar-refractivity contribution < 1.29 is 17.9 Å². The number of hydrogen-bond donors (Lipinski definition) is 1. The number of ether oxygens (including phenoxy) is 1. The summed E-state index contributed by atoms with van der Waals surface area (Å²) in [7, 11) is -2.53. The number of para-hydroxylation sites is 1. The Balaban J connectivity index is 1.72. The maximum atomic E-state index is 13.9. The van der Waals surface area contributed by atoms with E-state index in [2.05, 4.69) is 10.5 Å². The molecule has 0 spiro atoms. The molecule has 8 heteroatoms. The van der Waals surface area contributed by atoms with Gasteiger partial charge in [0, 0.05) is 0 Å². The normalized spacial score (nSPS) is 11.6. The maximum absolute atomic E-state index is 13.9. The quantitative estimate of drug-likeness (QED) is 0.228. The van der Waals surface area contributed by atoms with Gasteiger partial charge in [-0.3, -0.25) is 9.10 Å². The average molecular weight is 528 g/mol. The second kappa shape index (κ2) is 11.7. The van der Waals surface area contributed by atoms with Crippen LogP contribution in [0.5, 0.6) is 5.75 Å². The van der Waals surface area contributed by atoms with Gasteiger partial charge >= 0.3 is 0 Å². The average Bonchev–Trinajstić information content (AvgIpc) is 2.95. The number of hydrazone groups is 1. The lowest BCUT2D eigenvalue weighted by atomic mass is 10.1. The fourth-order valence-corrected chi connectivity index (χ4v) is 5.33. The molecule has 0 fully saturated rings. The van der Waals surface area contributed by atoms with E-state index >= 15 is 0 Å². The highest BCUT2D eigenvalue weighted by atomic mass is 32.2. The number of sulfonamides is 1. The summed E-state index contributed by atoms with van der Waals surface area (Å²) < 4.78 is 34.3. The van der Waals surface area contributed by atoms with Crippen molar-refractivity contribution in [1.29, 1.82) is 0 Å². The van der Waals surface area contributed by atoms with Crippen molar-refractivity contribution in [2.45, 2.75) is 25.3 Å². The van der Waals surface area contributed by atoms with Gasteiger partial charge in [0.1, 0.15) is 5.75 Å². The summed E-state index contributed by atoms with van der Waals surface area (Å²) in [4.78, 5) is 13.4. The fourth-order valence-electron chi connectivity index (χ4n) is 3.86. The number of nitrogens with zero attached hydrogens (tertiary/aromatic N) is 2. The van der Waals surface area contributed by atoms with Gasteiger partial charge in [-0.15, -0.1) is 0 Å². The van der Waals surface area contributed by atoms with Gasteiger partial charge in [0.05, 0.1) is 35.5 Å². The second-order valence-electron chi connectivity index (χ2n) is 8.69. The third-order valence-corrected chi connectivity index (χ3v) is 7.80. The van der Waals surface area contributed by atoms with Crippen LogP contribution in [-0.2, 0) is 16.6 Å². The number of methoxy groups -OCH3 is 1. The van der Waals surface area contributed by atoms with Crippen LogP contribution in [0.15, 0.2) is 113 Å². The minimum atomic E-state index is -4.05. The van der Waals surface area contributed by atoms with E-state index in [0.717, 1.165) is 16.7 Å². The lowest BCUT2D eigenvalue weighted by Gasteiger charge is -2.26. The topological polar surface area (TPSA) is 88.1 Å². The first-order valence-electron chi connectivity index (χ1n) is 12.0. The molecule has 0 radical (unpaired) electrons. The largest absolute Gasteiger partial charge is 0.497 e. The summed E-state index contributed by atoms with van der Waals surface area (Å²) in [6.45, 7) is 3.83. The van der Waals surface area contributed by atoms with Crippen LogP contribution in [-0.4, -0.2) is 27.1 Å². The molecule has 4 aromatic rings. The molecular formula is C30H29N3O4S. The van der Waals surface area contributed by atoms with Crippen LogP contribution in [0.4, 0.5) is 5.69 Å². The van der Waals surface area contributed by atoms with Crippen molar-refractivity contribution in [3.05, 3.63) is 125 Å². The zero-order chi connectivity index (χ0) is 27.1. The Bertz CT molecular complexity index is 1530. The first-order chi connectivity index (χ1) is 18.3. The van der Waals surface area contributed by atoms with Crippen molar-refractivity contribution in [3.8, 4) is 5.75 Å². The van der Waals surface area contributed by atoms with Gasteiger partial charge in [-0.2, -0.15) is 5.10 Å². The molecule has 0 atom stereocenters. The summed E-state index contributed by atoms with van der Waals surface area (Å²) in [6, 6.07) is 29.8. The molecule has 38 heavy (non-hydrogen) atoms. The number of carbonyl (C=O) groups excluding carboxylic acids is 1. The van der Waals surface area contributed by atoms with Crippen LogP contribution in [0, 0.1) is 6.92 Å². The molecule has 1 amide bonds. The zero-order valence-electron chi connectivity index (χ0n) is 21.5. The summed E-state index contributed by atoms with van der Waals surface area (Å²) in [6.07, 6.45) is 0. The lowest BCUT2D eigenvalue weighted by molar-refractivity contribution is 0.0955. The zero-order valence-corrected chi connectivity index (χ0v) is 22.3. The van der Waals surface area contributed by atoms with Gasteiger partial charge in [-0.1, -0.05) is 72.3 Å². The van der Waals surface area contributed by atoms with Crippen LogP contribution in [0.1, 0.15) is 34.0 Å². The summed E-state index contributed by atoms with van der Waals surface area (Å²) in [5, 5.41) is 4.26. The Morgan fingerprint density at radius 1 is 0.868 bits per heavy atom. The van der Waals surface area contributed by atoms with E-state index in [1.165, 1.54) is 23.5 Å². The van der Waals surface area contributed by atoms with Crippen LogP contribution >= 0.6 is 0 Å². The van der Waals surface area contributed by atoms with Crippen molar-refractivity contribution in [1.82, 2.24) is 5.43 Å². The molecule has 0 saturated heterocycles. The molecule has 0 aromatic heterocycles. The van der Waals surface area contributed by atoms with Crippen molar-refractivity contribution >= 4 is 27.3 Å². The fraction of sp³-hybridized carbons (Fsp3) is 0.133. The molecule has 7 nitrogen and oxygen atoms in total.